The number of carbonyl (C=O) groups is 1. The lowest BCUT2D eigenvalue weighted by Crippen LogP contribution is -2.36. The summed E-state index contributed by atoms with van der Waals surface area (Å²) in [5.41, 5.74) is 4.22. The molecule has 0 heterocycles. The molecule has 0 spiro atoms. The van der Waals surface area contributed by atoms with Gasteiger partial charge in [-0.3, -0.25) is 4.79 Å². The first-order valence-corrected chi connectivity index (χ1v) is 6.56. The van der Waals surface area contributed by atoms with Crippen LogP contribution in [0.3, 0.4) is 0 Å². The molecule has 0 aliphatic heterocycles. The van der Waals surface area contributed by atoms with Crippen LogP contribution >= 0.6 is 0 Å². The molecule has 0 radical (unpaired) electrons. The van der Waals surface area contributed by atoms with E-state index in [4.69, 9.17) is 4.74 Å². The van der Waals surface area contributed by atoms with E-state index < -0.39 is 0 Å². The predicted octanol–water partition coefficient (Wildman–Crippen LogP) is 3.49. The van der Waals surface area contributed by atoms with Gasteiger partial charge in [0.15, 0.2) is 0 Å². The molecule has 0 amide bonds. The average molecular weight is 234 g/mol. The number of hydrogen-bond acceptors (Lipinski definition) is 2. The molecule has 2 rings (SSSR count). The molecule has 2 nitrogen and oxygen atoms in total. The lowest BCUT2D eigenvalue weighted by molar-refractivity contribution is -0.134. The summed E-state index contributed by atoms with van der Waals surface area (Å²) in [5, 5.41) is 0. The first-order valence-electron chi connectivity index (χ1n) is 6.56. The quantitative estimate of drug-likeness (QED) is 0.684. The Morgan fingerprint density at radius 3 is 2.65 bits per heavy atom. The van der Waals surface area contributed by atoms with Crippen molar-refractivity contribution in [3.63, 3.8) is 0 Å². The highest BCUT2D eigenvalue weighted by Crippen LogP contribution is 2.45. The molecule has 94 valence electrons. The number of ether oxygens (including phenoxy) is 1. The fourth-order valence-electron chi connectivity index (χ4n) is 3.56. The minimum Gasteiger partial charge on any atom is -0.460 e. The number of hydrogen-bond donors (Lipinski definition) is 0. The van der Waals surface area contributed by atoms with Crippen LogP contribution in [0.15, 0.2) is 22.8 Å². The predicted molar refractivity (Wildman–Crippen MR) is 68.4 cm³/mol. The van der Waals surface area contributed by atoms with Gasteiger partial charge in [-0.15, -0.1) is 0 Å². The van der Waals surface area contributed by atoms with Gasteiger partial charge in [-0.05, 0) is 48.7 Å². The van der Waals surface area contributed by atoms with Gasteiger partial charge in [-0.25, -0.2) is 0 Å². The maximum absolute atomic E-state index is 10.7. The Balaban J connectivity index is 2.47. The van der Waals surface area contributed by atoms with Crippen molar-refractivity contribution in [1.29, 1.82) is 0 Å². The smallest absolute Gasteiger partial charge is 0.293 e. The molecule has 0 aromatic carbocycles. The van der Waals surface area contributed by atoms with E-state index in [9.17, 15) is 4.79 Å². The lowest BCUT2D eigenvalue weighted by Gasteiger charge is -2.40. The van der Waals surface area contributed by atoms with Crippen LogP contribution in [0.4, 0.5) is 0 Å². The molecule has 2 aliphatic rings. The molecule has 0 aromatic heterocycles. The Morgan fingerprint density at radius 2 is 2.00 bits per heavy atom. The van der Waals surface area contributed by atoms with Gasteiger partial charge in [0.05, 0.1) is 0 Å². The van der Waals surface area contributed by atoms with Crippen molar-refractivity contribution in [3.8, 4) is 0 Å². The minimum absolute atomic E-state index is 0.00245. The summed E-state index contributed by atoms with van der Waals surface area (Å²) in [6.45, 7) is 9.52. The van der Waals surface area contributed by atoms with Gasteiger partial charge < -0.3 is 4.74 Å². The van der Waals surface area contributed by atoms with Crippen molar-refractivity contribution in [1.82, 2.24) is 0 Å². The fourth-order valence-corrected chi connectivity index (χ4v) is 3.56. The van der Waals surface area contributed by atoms with Crippen molar-refractivity contribution < 1.29 is 9.53 Å². The van der Waals surface area contributed by atoms with Gasteiger partial charge in [0.2, 0.25) is 0 Å². The van der Waals surface area contributed by atoms with E-state index in [1.54, 1.807) is 0 Å². The third-order valence-corrected chi connectivity index (χ3v) is 4.29. The summed E-state index contributed by atoms with van der Waals surface area (Å²) in [5.74, 6) is 1.52. The zero-order valence-electron chi connectivity index (χ0n) is 11.2. The molecular formula is C15H22O2. The molecule has 0 aromatic rings. The maximum Gasteiger partial charge on any atom is 0.293 e. The molecule has 0 saturated carbocycles. The van der Waals surface area contributed by atoms with Crippen LogP contribution in [0.5, 0.6) is 0 Å². The SMILES string of the molecule is CC1=CC[C@H](C)C2=C1[C@@H](C)CC(C)C2OC=O. The molecule has 0 fully saturated rings. The minimum atomic E-state index is -0.00245. The third-order valence-electron chi connectivity index (χ3n) is 4.29. The Morgan fingerprint density at radius 1 is 1.29 bits per heavy atom. The van der Waals surface area contributed by atoms with Crippen molar-refractivity contribution in [2.24, 2.45) is 17.8 Å². The van der Waals surface area contributed by atoms with Crippen LogP contribution in [0.1, 0.15) is 40.5 Å². The van der Waals surface area contributed by atoms with Crippen LogP contribution in [0.25, 0.3) is 0 Å². The third kappa shape index (κ3) is 2.05. The molecule has 4 atom stereocenters. The highest BCUT2D eigenvalue weighted by atomic mass is 16.5. The second kappa shape index (κ2) is 4.67. The van der Waals surface area contributed by atoms with Crippen molar-refractivity contribution in [3.05, 3.63) is 22.8 Å². The van der Waals surface area contributed by atoms with E-state index in [1.165, 1.54) is 16.7 Å². The van der Waals surface area contributed by atoms with Gasteiger partial charge in [0, 0.05) is 0 Å². The Bertz CT molecular complexity index is 378. The topological polar surface area (TPSA) is 26.3 Å². The zero-order chi connectivity index (χ0) is 12.6. The van der Waals surface area contributed by atoms with Crippen molar-refractivity contribution >= 4 is 6.47 Å². The molecule has 17 heavy (non-hydrogen) atoms. The van der Waals surface area contributed by atoms with Crippen molar-refractivity contribution in [2.75, 3.05) is 0 Å². The van der Waals surface area contributed by atoms with Crippen LogP contribution < -0.4 is 0 Å². The van der Waals surface area contributed by atoms with Crippen LogP contribution in [0.2, 0.25) is 0 Å². The number of allylic oxidation sites excluding steroid dienone is 3. The van der Waals surface area contributed by atoms with E-state index in [-0.39, 0.29) is 6.10 Å². The summed E-state index contributed by atoms with van der Waals surface area (Å²) >= 11 is 0. The van der Waals surface area contributed by atoms with E-state index >= 15 is 0 Å². The van der Waals surface area contributed by atoms with Gasteiger partial charge in [-0.1, -0.05) is 32.4 Å². The zero-order valence-corrected chi connectivity index (χ0v) is 11.2. The highest BCUT2D eigenvalue weighted by Gasteiger charge is 2.37. The molecule has 0 N–H and O–H groups in total. The van der Waals surface area contributed by atoms with Gasteiger partial charge in [-0.2, -0.15) is 0 Å². The average Bonchev–Trinajstić information content (AvgIpc) is 2.27. The summed E-state index contributed by atoms with van der Waals surface area (Å²) in [7, 11) is 0. The van der Waals surface area contributed by atoms with Gasteiger partial charge in [0.25, 0.3) is 6.47 Å². The summed E-state index contributed by atoms with van der Waals surface area (Å²) in [6, 6.07) is 0. The van der Waals surface area contributed by atoms with Crippen molar-refractivity contribution in [2.45, 2.75) is 46.6 Å². The monoisotopic (exact) mass is 234 g/mol. The number of carbonyl (C=O) groups excluding carboxylic acids is 1. The maximum atomic E-state index is 10.7. The summed E-state index contributed by atoms with van der Waals surface area (Å²) < 4.78 is 5.37. The largest absolute Gasteiger partial charge is 0.460 e. The van der Waals surface area contributed by atoms with E-state index in [1.807, 2.05) is 0 Å². The Hall–Kier alpha value is -1.05. The molecular weight excluding hydrogens is 212 g/mol. The van der Waals surface area contributed by atoms with E-state index in [0.29, 0.717) is 24.2 Å². The summed E-state index contributed by atoms with van der Waals surface area (Å²) in [4.78, 5) is 10.7. The molecule has 2 heteroatoms. The van der Waals surface area contributed by atoms with Crippen LogP contribution in [-0.2, 0) is 9.53 Å². The Labute approximate surface area is 104 Å². The Kier molecular flexibility index (Phi) is 3.41. The standard InChI is InChI=1S/C15H22O2/c1-9-5-6-10(2)14-13(9)11(3)7-12(4)15(14)17-8-16/h5,8,10-12,15H,6-7H2,1-4H3/t10-,11-,12?,15?/m0/s1. The molecule has 2 aliphatic carbocycles. The first kappa shape index (κ1) is 12.4. The van der Waals surface area contributed by atoms with E-state index in [2.05, 4.69) is 33.8 Å². The van der Waals surface area contributed by atoms with Gasteiger partial charge >= 0.3 is 0 Å². The second-order valence-corrected chi connectivity index (χ2v) is 5.66. The number of rotatable bonds is 2. The fraction of sp³-hybridized carbons (Fsp3) is 0.667. The van der Waals surface area contributed by atoms with Crippen LogP contribution in [0, 0.1) is 17.8 Å². The molecule has 0 saturated heterocycles. The van der Waals surface area contributed by atoms with E-state index in [0.717, 1.165) is 12.8 Å². The normalized spacial score (nSPS) is 37.3. The lowest BCUT2D eigenvalue weighted by atomic mass is 9.68. The first-order chi connectivity index (χ1) is 8.06. The molecule has 0 bridgehead atoms. The van der Waals surface area contributed by atoms with Gasteiger partial charge in [0.1, 0.15) is 6.10 Å². The summed E-state index contributed by atoms with van der Waals surface area (Å²) in [6.07, 6.45) is 4.50. The molecule has 2 unspecified atom stereocenters. The second-order valence-electron chi connectivity index (χ2n) is 5.66. The highest BCUT2D eigenvalue weighted by molar-refractivity contribution is 5.46. The van der Waals surface area contributed by atoms with Crippen LogP contribution in [-0.4, -0.2) is 12.6 Å².